The Bertz CT molecular complexity index is 418. The van der Waals surface area contributed by atoms with Gasteiger partial charge in [-0.15, -0.1) is 0 Å². The molecule has 106 valence electrons. The van der Waals surface area contributed by atoms with Crippen molar-refractivity contribution >= 4 is 11.5 Å². The van der Waals surface area contributed by atoms with Crippen LogP contribution in [0.25, 0.3) is 0 Å². The summed E-state index contributed by atoms with van der Waals surface area (Å²) in [5.41, 5.74) is 6.73. The topological polar surface area (TPSA) is 64.3 Å². The van der Waals surface area contributed by atoms with Crippen LogP contribution in [0, 0.1) is 5.92 Å². The van der Waals surface area contributed by atoms with E-state index < -0.39 is 0 Å². The summed E-state index contributed by atoms with van der Waals surface area (Å²) in [6.45, 7) is 8.11. The van der Waals surface area contributed by atoms with Crippen molar-refractivity contribution in [3.05, 3.63) is 6.33 Å². The summed E-state index contributed by atoms with van der Waals surface area (Å²) in [5, 5.41) is 0. The highest BCUT2D eigenvalue weighted by molar-refractivity contribution is 5.67. The molecule has 0 amide bonds. The van der Waals surface area contributed by atoms with Gasteiger partial charge in [-0.3, -0.25) is 0 Å². The normalized spacial score (nSPS) is 14.7. The first-order valence-corrected chi connectivity index (χ1v) is 7.13. The third kappa shape index (κ3) is 3.72. The van der Waals surface area contributed by atoms with Crippen molar-refractivity contribution in [1.29, 1.82) is 0 Å². The monoisotopic (exact) mass is 264 g/mol. The van der Waals surface area contributed by atoms with Crippen molar-refractivity contribution in [1.82, 2.24) is 9.97 Å². The molecule has 1 aromatic rings. The highest BCUT2D eigenvalue weighted by Gasteiger charge is 2.26. The Kier molecular flexibility index (Phi) is 4.45. The smallest absolute Gasteiger partial charge is 0.242 e. The molecule has 19 heavy (non-hydrogen) atoms. The number of aromatic nitrogens is 2. The van der Waals surface area contributed by atoms with Gasteiger partial charge in [-0.25, -0.2) is 4.98 Å². The van der Waals surface area contributed by atoms with Crippen LogP contribution in [0.5, 0.6) is 5.88 Å². The maximum Gasteiger partial charge on any atom is 0.242 e. The molecule has 5 nitrogen and oxygen atoms in total. The molecular weight excluding hydrogens is 240 g/mol. The van der Waals surface area contributed by atoms with E-state index in [-0.39, 0.29) is 6.10 Å². The number of hydrogen-bond donors (Lipinski definition) is 1. The Morgan fingerprint density at radius 3 is 2.74 bits per heavy atom. The summed E-state index contributed by atoms with van der Waals surface area (Å²) in [5.74, 6) is 2.12. The number of nitrogen functional groups attached to an aromatic ring is 1. The molecule has 2 N–H and O–H groups in total. The summed E-state index contributed by atoms with van der Waals surface area (Å²) < 4.78 is 5.63. The Morgan fingerprint density at radius 1 is 1.42 bits per heavy atom. The van der Waals surface area contributed by atoms with Gasteiger partial charge in [-0.1, -0.05) is 6.92 Å². The molecular formula is C14H24N4O. The summed E-state index contributed by atoms with van der Waals surface area (Å²) in [7, 11) is 0. The zero-order valence-corrected chi connectivity index (χ0v) is 12.1. The van der Waals surface area contributed by atoms with E-state index in [4.69, 9.17) is 10.5 Å². The minimum absolute atomic E-state index is 0.0631. The fourth-order valence-corrected chi connectivity index (χ4v) is 2.11. The summed E-state index contributed by atoms with van der Waals surface area (Å²) in [6.07, 6.45) is 5.32. The van der Waals surface area contributed by atoms with Gasteiger partial charge in [0.05, 0.1) is 6.10 Å². The van der Waals surface area contributed by atoms with Crippen LogP contribution in [-0.2, 0) is 0 Å². The van der Waals surface area contributed by atoms with Gasteiger partial charge in [-0.05, 0) is 39.0 Å². The molecule has 0 radical (unpaired) electrons. The van der Waals surface area contributed by atoms with Gasteiger partial charge in [0, 0.05) is 13.1 Å². The van der Waals surface area contributed by atoms with Crippen molar-refractivity contribution in [2.45, 2.75) is 46.1 Å². The molecule has 0 aliphatic heterocycles. The molecule has 1 aliphatic carbocycles. The van der Waals surface area contributed by atoms with Crippen LogP contribution in [-0.4, -0.2) is 29.2 Å². The third-order valence-corrected chi connectivity index (χ3v) is 3.14. The van der Waals surface area contributed by atoms with E-state index >= 15 is 0 Å². The number of ether oxygens (including phenoxy) is 1. The van der Waals surface area contributed by atoms with Crippen molar-refractivity contribution in [3.8, 4) is 5.88 Å². The van der Waals surface area contributed by atoms with Gasteiger partial charge >= 0.3 is 0 Å². The molecule has 0 spiro atoms. The molecule has 5 heteroatoms. The van der Waals surface area contributed by atoms with Crippen molar-refractivity contribution in [2.75, 3.05) is 23.7 Å². The van der Waals surface area contributed by atoms with Crippen LogP contribution in [0.2, 0.25) is 0 Å². The Labute approximate surface area is 115 Å². The van der Waals surface area contributed by atoms with Crippen LogP contribution < -0.4 is 15.4 Å². The van der Waals surface area contributed by atoms with E-state index in [1.165, 1.54) is 12.8 Å². The fraction of sp³-hybridized carbons (Fsp3) is 0.714. The Balaban J connectivity index is 2.19. The van der Waals surface area contributed by atoms with Crippen LogP contribution in [0.1, 0.15) is 40.0 Å². The van der Waals surface area contributed by atoms with E-state index in [0.29, 0.717) is 11.6 Å². The highest BCUT2D eigenvalue weighted by Crippen LogP contribution is 2.34. The molecule has 0 atom stereocenters. The molecule has 1 saturated carbocycles. The Hall–Kier alpha value is -1.52. The quantitative estimate of drug-likeness (QED) is 0.819. The SMILES string of the molecule is CCCN(CC1CC1)c1ncnc(OC(C)C)c1N. The summed E-state index contributed by atoms with van der Waals surface area (Å²) in [4.78, 5) is 10.8. The molecule has 0 bridgehead atoms. The first-order chi connectivity index (χ1) is 9.11. The van der Waals surface area contributed by atoms with E-state index in [1.54, 1.807) is 6.33 Å². The molecule has 2 rings (SSSR count). The second-order valence-electron chi connectivity index (χ2n) is 5.47. The molecule has 0 unspecified atom stereocenters. The van der Waals surface area contributed by atoms with Gasteiger partial charge in [0.2, 0.25) is 5.88 Å². The third-order valence-electron chi connectivity index (χ3n) is 3.14. The highest BCUT2D eigenvalue weighted by atomic mass is 16.5. The van der Waals surface area contributed by atoms with Gasteiger partial charge < -0.3 is 15.4 Å². The standard InChI is InChI=1S/C14H24N4O/c1-4-7-18(8-11-5-6-11)13-12(15)14(17-9-16-13)19-10(2)3/h9-11H,4-8,15H2,1-3H3. The predicted octanol–water partition coefficient (Wildman–Crippen LogP) is 2.47. The predicted molar refractivity (Wildman–Crippen MR) is 77.4 cm³/mol. The lowest BCUT2D eigenvalue weighted by Gasteiger charge is -2.25. The van der Waals surface area contributed by atoms with E-state index in [1.807, 2.05) is 13.8 Å². The van der Waals surface area contributed by atoms with Crippen molar-refractivity contribution in [2.24, 2.45) is 5.92 Å². The zero-order chi connectivity index (χ0) is 13.8. The summed E-state index contributed by atoms with van der Waals surface area (Å²) in [6, 6.07) is 0. The average molecular weight is 264 g/mol. The van der Waals surface area contributed by atoms with Crippen LogP contribution >= 0.6 is 0 Å². The lowest BCUT2D eigenvalue weighted by Crippen LogP contribution is -2.28. The molecule has 1 aliphatic rings. The fourth-order valence-electron chi connectivity index (χ4n) is 2.11. The maximum absolute atomic E-state index is 6.17. The van der Waals surface area contributed by atoms with Gasteiger partial charge in [0.1, 0.15) is 12.0 Å². The molecule has 1 heterocycles. The largest absolute Gasteiger partial charge is 0.473 e. The number of rotatable bonds is 7. The van der Waals surface area contributed by atoms with E-state index in [2.05, 4.69) is 21.8 Å². The van der Waals surface area contributed by atoms with Crippen LogP contribution in [0.4, 0.5) is 11.5 Å². The summed E-state index contributed by atoms with van der Waals surface area (Å²) >= 11 is 0. The first-order valence-electron chi connectivity index (χ1n) is 7.13. The van der Waals surface area contributed by atoms with Gasteiger partial charge in [-0.2, -0.15) is 4.98 Å². The second kappa shape index (κ2) is 6.08. The average Bonchev–Trinajstić information content (AvgIpc) is 3.15. The van der Waals surface area contributed by atoms with Crippen LogP contribution in [0.3, 0.4) is 0 Å². The van der Waals surface area contributed by atoms with Crippen molar-refractivity contribution in [3.63, 3.8) is 0 Å². The zero-order valence-electron chi connectivity index (χ0n) is 12.1. The van der Waals surface area contributed by atoms with E-state index in [0.717, 1.165) is 31.2 Å². The first kappa shape index (κ1) is 13.9. The second-order valence-corrected chi connectivity index (χ2v) is 5.47. The maximum atomic E-state index is 6.17. The van der Waals surface area contributed by atoms with E-state index in [9.17, 15) is 0 Å². The molecule has 1 fully saturated rings. The molecule has 0 saturated heterocycles. The number of nitrogens with zero attached hydrogens (tertiary/aromatic N) is 3. The minimum atomic E-state index is 0.0631. The number of anilines is 2. The van der Waals surface area contributed by atoms with Crippen molar-refractivity contribution < 1.29 is 4.74 Å². The lowest BCUT2D eigenvalue weighted by molar-refractivity contribution is 0.234. The lowest BCUT2D eigenvalue weighted by atomic mass is 10.3. The number of nitrogens with two attached hydrogens (primary N) is 1. The molecule has 0 aromatic carbocycles. The van der Waals surface area contributed by atoms with Crippen LogP contribution in [0.15, 0.2) is 6.33 Å². The minimum Gasteiger partial charge on any atom is -0.473 e. The number of hydrogen-bond acceptors (Lipinski definition) is 5. The molecule has 1 aromatic heterocycles. The van der Waals surface area contributed by atoms with Gasteiger partial charge in [0.15, 0.2) is 5.82 Å². The van der Waals surface area contributed by atoms with Gasteiger partial charge in [0.25, 0.3) is 0 Å². The Morgan fingerprint density at radius 2 is 2.16 bits per heavy atom.